The monoisotopic (exact) mass is 348 g/mol. The number of ether oxygens (including phenoxy) is 2. The van der Waals surface area contributed by atoms with Gasteiger partial charge in [-0.1, -0.05) is 12.1 Å². The molecule has 2 heterocycles. The molecule has 1 saturated heterocycles. The van der Waals surface area contributed by atoms with Crippen molar-refractivity contribution in [2.24, 2.45) is 0 Å². The van der Waals surface area contributed by atoms with Gasteiger partial charge in [-0.05, 0) is 25.0 Å². The molecule has 3 rings (SSSR count). The number of rotatable bonds is 7. The number of amides is 1. The highest BCUT2D eigenvalue weighted by Gasteiger charge is 2.16. The minimum absolute atomic E-state index is 0.0867. The zero-order valence-electron chi connectivity index (χ0n) is 13.3. The van der Waals surface area contributed by atoms with Crippen molar-refractivity contribution < 1.29 is 19.1 Å². The number of thiazole rings is 1. The van der Waals surface area contributed by atoms with Gasteiger partial charge in [-0.3, -0.25) is 9.59 Å². The highest BCUT2D eigenvalue weighted by Crippen LogP contribution is 2.22. The summed E-state index contributed by atoms with van der Waals surface area (Å²) in [6, 6.07) is 7.86. The van der Waals surface area contributed by atoms with Crippen LogP contribution in [-0.4, -0.2) is 42.7 Å². The van der Waals surface area contributed by atoms with Gasteiger partial charge >= 0.3 is 5.97 Å². The molecule has 6 nitrogen and oxygen atoms in total. The SMILES string of the molecule is O=C(COC(=O)CCc1nc2ccccc2s1)NC[C@H]1CCCO1. The second-order valence-electron chi connectivity index (χ2n) is 5.68. The summed E-state index contributed by atoms with van der Waals surface area (Å²) in [5, 5.41) is 3.62. The maximum absolute atomic E-state index is 11.7. The molecule has 1 aliphatic rings. The Kier molecular flexibility index (Phi) is 5.77. The molecule has 1 aromatic carbocycles. The standard InChI is InChI=1S/C17H20N2O4S/c20-15(18-10-12-4-3-9-22-12)11-23-17(21)8-7-16-19-13-5-1-2-6-14(13)24-16/h1-2,5-6,12H,3-4,7-11H2,(H,18,20)/t12-/m1/s1. The lowest BCUT2D eigenvalue weighted by Gasteiger charge is -2.10. The molecule has 0 bridgehead atoms. The molecule has 0 saturated carbocycles. The first-order valence-corrected chi connectivity index (χ1v) is 8.91. The normalized spacial score (nSPS) is 17.1. The van der Waals surface area contributed by atoms with Crippen LogP contribution in [0.3, 0.4) is 0 Å². The maximum Gasteiger partial charge on any atom is 0.306 e. The van der Waals surface area contributed by atoms with E-state index >= 15 is 0 Å². The van der Waals surface area contributed by atoms with Gasteiger partial charge in [0.15, 0.2) is 6.61 Å². The Morgan fingerprint density at radius 1 is 1.38 bits per heavy atom. The predicted molar refractivity (Wildman–Crippen MR) is 90.9 cm³/mol. The number of benzene rings is 1. The van der Waals surface area contributed by atoms with Crippen molar-refractivity contribution in [2.45, 2.75) is 31.8 Å². The second-order valence-corrected chi connectivity index (χ2v) is 6.79. The number of aromatic nitrogens is 1. The number of aryl methyl sites for hydroxylation is 1. The molecule has 1 aliphatic heterocycles. The van der Waals surface area contributed by atoms with E-state index in [1.807, 2.05) is 24.3 Å². The number of para-hydroxylation sites is 1. The molecule has 1 N–H and O–H groups in total. The van der Waals surface area contributed by atoms with Crippen LogP contribution in [0.25, 0.3) is 10.2 Å². The first-order valence-electron chi connectivity index (χ1n) is 8.09. The van der Waals surface area contributed by atoms with Gasteiger partial charge in [0, 0.05) is 19.6 Å². The molecule has 0 spiro atoms. The summed E-state index contributed by atoms with van der Waals surface area (Å²) in [4.78, 5) is 27.9. The van der Waals surface area contributed by atoms with Crippen LogP contribution in [0.15, 0.2) is 24.3 Å². The van der Waals surface area contributed by atoms with E-state index in [1.54, 1.807) is 11.3 Å². The molecule has 1 atom stereocenters. The number of hydrogen-bond acceptors (Lipinski definition) is 6. The van der Waals surface area contributed by atoms with E-state index in [9.17, 15) is 9.59 Å². The van der Waals surface area contributed by atoms with E-state index in [4.69, 9.17) is 9.47 Å². The summed E-state index contributed by atoms with van der Waals surface area (Å²) in [6.45, 7) is 0.981. The minimum atomic E-state index is -0.387. The molecular formula is C17H20N2O4S. The van der Waals surface area contributed by atoms with Crippen molar-refractivity contribution in [3.63, 3.8) is 0 Å². The number of carbonyl (C=O) groups excluding carboxylic acids is 2. The van der Waals surface area contributed by atoms with Gasteiger partial charge in [-0.2, -0.15) is 0 Å². The van der Waals surface area contributed by atoms with Crippen molar-refractivity contribution in [3.05, 3.63) is 29.3 Å². The second kappa shape index (κ2) is 8.21. The summed E-state index contributed by atoms with van der Waals surface area (Å²) < 4.78 is 11.5. The van der Waals surface area contributed by atoms with Gasteiger partial charge in [0.2, 0.25) is 0 Å². The summed E-state index contributed by atoms with van der Waals surface area (Å²) in [6.07, 6.45) is 2.82. The number of nitrogens with one attached hydrogen (secondary N) is 1. The quantitative estimate of drug-likeness (QED) is 0.775. The average Bonchev–Trinajstić information content (AvgIpc) is 3.25. The molecule has 2 aromatic rings. The van der Waals surface area contributed by atoms with Crippen LogP contribution >= 0.6 is 11.3 Å². The first-order chi connectivity index (χ1) is 11.7. The molecule has 1 fully saturated rings. The molecule has 128 valence electrons. The van der Waals surface area contributed by atoms with Crippen LogP contribution in [-0.2, 0) is 25.5 Å². The fourth-order valence-corrected chi connectivity index (χ4v) is 3.50. The zero-order chi connectivity index (χ0) is 16.8. The number of nitrogens with zero attached hydrogens (tertiary/aromatic N) is 1. The third-order valence-electron chi connectivity index (χ3n) is 3.80. The van der Waals surface area contributed by atoms with Crippen LogP contribution in [0.2, 0.25) is 0 Å². The van der Waals surface area contributed by atoms with E-state index in [0.29, 0.717) is 13.0 Å². The topological polar surface area (TPSA) is 77.5 Å². The van der Waals surface area contributed by atoms with E-state index in [2.05, 4.69) is 10.3 Å². The zero-order valence-corrected chi connectivity index (χ0v) is 14.1. The fraction of sp³-hybridized carbons (Fsp3) is 0.471. The molecule has 0 aliphatic carbocycles. The highest BCUT2D eigenvalue weighted by molar-refractivity contribution is 7.18. The fourth-order valence-electron chi connectivity index (χ4n) is 2.54. The van der Waals surface area contributed by atoms with E-state index < -0.39 is 0 Å². The van der Waals surface area contributed by atoms with Crippen LogP contribution in [0.5, 0.6) is 0 Å². The molecule has 0 unspecified atom stereocenters. The smallest absolute Gasteiger partial charge is 0.306 e. The molecule has 1 aromatic heterocycles. The van der Waals surface area contributed by atoms with Crippen LogP contribution in [0, 0.1) is 0 Å². The largest absolute Gasteiger partial charge is 0.456 e. The summed E-state index contributed by atoms with van der Waals surface area (Å²) >= 11 is 1.57. The molecular weight excluding hydrogens is 328 g/mol. The van der Waals surface area contributed by atoms with Crippen molar-refractivity contribution in [2.75, 3.05) is 19.8 Å². The average molecular weight is 348 g/mol. The van der Waals surface area contributed by atoms with E-state index in [0.717, 1.165) is 34.7 Å². The third-order valence-corrected chi connectivity index (χ3v) is 4.89. The number of esters is 1. The van der Waals surface area contributed by atoms with Gasteiger partial charge in [0.1, 0.15) is 0 Å². The lowest BCUT2D eigenvalue weighted by molar-refractivity contribution is -0.148. The van der Waals surface area contributed by atoms with Crippen LogP contribution in [0.1, 0.15) is 24.3 Å². The minimum Gasteiger partial charge on any atom is -0.456 e. The van der Waals surface area contributed by atoms with Crippen LogP contribution in [0.4, 0.5) is 0 Å². The molecule has 1 amide bonds. The summed E-state index contributed by atoms with van der Waals surface area (Å²) in [5.74, 6) is -0.680. The Bertz CT molecular complexity index is 676. The van der Waals surface area contributed by atoms with Gasteiger partial charge in [0.25, 0.3) is 5.91 Å². The van der Waals surface area contributed by atoms with Gasteiger partial charge < -0.3 is 14.8 Å². The number of carbonyl (C=O) groups is 2. The lowest BCUT2D eigenvalue weighted by atomic mass is 10.2. The van der Waals surface area contributed by atoms with E-state index in [1.165, 1.54) is 0 Å². The summed E-state index contributed by atoms with van der Waals surface area (Å²) in [5.41, 5.74) is 0.944. The van der Waals surface area contributed by atoms with Crippen molar-refractivity contribution in [3.8, 4) is 0 Å². The van der Waals surface area contributed by atoms with E-state index in [-0.39, 0.29) is 31.0 Å². The molecule has 0 radical (unpaired) electrons. The Morgan fingerprint density at radius 2 is 2.25 bits per heavy atom. The van der Waals surface area contributed by atoms with Gasteiger partial charge in [-0.25, -0.2) is 4.98 Å². The van der Waals surface area contributed by atoms with Crippen LogP contribution < -0.4 is 5.32 Å². The molecule has 7 heteroatoms. The maximum atomic E-state index is 11.7. The highest BCUT2D eigenvalue weighted by atomic mass is 32.1. The van der Waals surface area contributed by atoms with Crippen molar-refractivity contribution >= 4 is 33.4 Å². The van der Waals surface area contributed by atoms with Crippen molar-refractivity contribution in [1.82, 2.24) is 10.3 Å². The summed E-state index contributed by atoms with van der Waals surface area (Å²) in [7, 11) is 0. The lowest BCUT2D eigenvalue weighted by Crippen LogP contribution is -2.34. The Morgan fingerprint density at radius 3 is 3.04 bits per heavy atom. The van der Waals surface area contributed by atoms with Gasteiger partial charge in [-0.15, -0.1) is 11.3 Å². The number of hydrogen-bond donors (Lipinski definition) is 1. The van der Waals surface area contributed by atoms with Gasteiger partial charge in [0.05, 0.1) is 27.7 Å². The Labute approximate surface area is 144 Å². The Balaban J connectivity index is 1.35. The predicted octanol–water partition coefficient (Wildman–Crippen LogP) is 2.07. The third kappa shape index (κ3) is 4.75. The Hall–Kier alpha value is -1.99. The van der Waals surface area contributed by atoms with Crippen molar-refractivity contribution in [1.29, 1.82) is 0 Å². The molecule has 24 heavy (non-hydrogen) atoms. The first kappa shape index (κ1) is 16.9. The number of fused-ring (bicyclic) bond motifs is 1.